The number of aromatic hydroxyl groups is 1. The molecule has 0 aromatic heterocycles. The Kier molecular flexibility index (Phi) is 5.09. The van der Waals surface area contributed by atoms with Crippen LogP contribution in [0.1, 0.15) is 37.6 Å². The lowest BCUT2D eigenvalue weighted by Crippen LogP contribution is -2.49. The van der Waals surface area contributed by atoms with E-state index in [1.54, 1.807) is 11.0 Å². The zero-order valence-corrected chi connectivity index (χ0v) is 15.6. The molecule has 0 aliphatic carbocycles. The zero-order valence-electron chi connectivity index (χ0n) is 15.6. The van der Waals surface area contributed by atoms with Crippen molar-refractivity contribution in [3.8, 4) is 17.2 Å². The summed E-state index contributed by atoms with van der Waals surface area (Å²) in [5, 5.41) is 10.2. The molecule has 26 heavy (non-hydrogen) atoms. The molecule has 0 unspecified atom stereocenters. The normalized spacial score (nSPS) is 19.7. The number of nitrogens with zero attached hydrogens (tertiary/aromatic N) is 2. The molecule has 2 aliphatic heterocycles. The van der Waals surface area contributed by atoms with Gasteiger partial charge in [-0.1, -0.05) is 6.92 Å². The number of hydrogen-bond acceptors (Lipinski definition) is 6. The number of ketones is 1. The number of carbonyl (C=O) groups excluding carboxylic acids is 2. The molecule has 0 bridgehead atoms. The maximum Gasteiger partial charge on any atom is 0.260 e. The molecule has 7 heteroatoms. The van der Waals surface area contributed by atoms with Crippen LogP contribution in [0.4, 0.5) is 0 Å². The van der Waals surface area contributed by atoms with Gasteiger partial charge in [-0.15, -0.1) is 0 Å². The third-order valence-electron chi connectivity index (χ3n) is 4.84. The Hall–Kier alpha value is -2.28. The molecule has 1 amide bonds. The van der Waals surface area contributed by atoms with Crippen LogP contribution in [-0.4, -0.2) is 71.5 Å². The highest BCUT2D eigenvalue weighted by atomic mass is 16.5. The number of likely N-dealkylation sites (N-methyl/N-ethyl adjacent to an activating group) is 1. The van der Waals surface area contributed by atoms with Gasteiger partial charge in [-0.05, 0) is 20.4 Å². The largest absolute Gasteiger partial charge is 0.507 e. The Morgan fingerprint density at radius 2 is 1.96 bits per heavy atom. The first-order valence-corrected chi connectivity index (χ1v) is 9.01. The van der Waals surface area contributed by atoms with Crippen molar-refractivity contribution in [2.75, 3.05) is 39.3 Å². The highest BCUT2D eigenvalue weighted by molar-refractivity contribution is 6.03. The van der Waals surface area contributed by atoms with Crippen LogP contribution in [-0.2, 0) is 4.79 Å². The third kappa shape index (κ3) is 3.93. The predicted octanol–water partition coefficient (Wildman–Crippen LogP) is 1.68. The third-order valence-corrected chi connectivity index (χ3v) is 4.84. The van der Waals surface area contributed by atoms with Crippen molar-refractivity contribution in [1.82, 2.24) is 9.80 Å². The lowest BCUT2D eigenvalue weighted by molar-refractivity contribution is -0.135. The summed E-state index contributed by atoms with van der Waals surface area (Å²) in [6.07, 6.45) is 0.204. The van der Waals surface area contributed by atoms with Gasteiger partial charge in [0.25, 0.3) is 5.91 Å². The first kappa shape index (κ1) is 18.5. The summed E-state index contributed by atoms with van der Waals surface area (Å²) in [5.41, 5.74) is -0.456. The van der Waals surface area contributed by atoms with Crippen LogP contribution >= 0.6 is 0 Å². The Morgan fingerprint density at radius 1 is 1.27 bits per heavy atom. The van der Waals surface area contributed by atoms with Crippen molar-refractivity contribution in [1.29, 1.82) is 0 Å². The summed E-state index contributed by atoms with van der Waals surface area (Å²) in [5.74, 6) is 0.181. The van der Waals surface area contributed by atoms with Crippen molar-refractivity contribution in [2.24, 2.45) is 0 Å². The molecule has 2 aliphatic rings. The minimum atomic E-state index is -0.635. The van der Waals surface area contributed by atoms with E-state index in [1.807, 2.05) is 13.8 Å². The van der Waals surface area contributed by atoms with E-state index in [-0.39, 0.29) is 36.0 Å². The summed E-state index contributed by atoms with van der Waals surface area (Å²) in [7, 11) is 0. The highest BCUT2D eigenvalue weighted by Crippen LogP contribution is 2.40. The number of rotatable bonds is 4. The minimum Gasteiger partial charge on any atom is -0.507 e. The first-order chi connectivity index (χ1) is 12.3. The van der Waals surface area contributed by atoms with Crippen LogP contribution in [0.5, 0.6) is 17.2 Å². The summed E-state index contributed by atoms with van der Waals surface area (Å²) >= 11 is 0. The van der Waals surface area contributed by atoms with Gasteiger partial charge in [0.05, 0.1) is 6.42 Å². The van der Waals surface area contributed by atoms with E-state index >= 15 is 0 Å². The van der Waals surface area contributed by atoms with Gasteiger partial charge in [0.2, 0.25) is 0 Å². The second-order valence-corrected chi connectivity index (χ2v) is 7.38. The van der Waals surface area contributed by atoms with Gasteiger partial charge in [0, 0.05) is 38.3 Å². The number of Topliss-reactive ketones (excluding diaryl/α,β-unsaturated/α-hetero) is 1. The van der Waals surface area contributed by atoms with Gasteiger partial charge in [-0.3, -0.25) is 9.59 Å². The summed E-state index contributed by atoms with van der Waals surface area (Å²) in [6, 6.07) is 2.93. The van der Waals surface area contributed by atoms with E-state index in [1.165, 1.54) is 6.07 Å². The Labute approximate surface area is 153 Å². The Bertz CT molecular complexity index is 708. The number of benzene rings is 1. The van der Waals surface area contributed by atoms with E-state index < -0.39 is 5.60 Å². The first-order valence-electron chi connectivity index (χ1n) is 9.01. The van der Waals surface area contributed by atoms with Crippen molar-refractivity contribution < 1.29 is 24.2 Å². The van der Waals surface area contributed by atoms with Crippen LogP contribution < -0.4 is 9.47 Å². The molecule has 0 spiro atoms. The van der Waals surface area contributed by atoms with Gasteiger partial charge >= 0.3 is 0 Å². The Morgan fingerprint density at radius 3 is 2.62 bits per heavy atom. The van der Waals surface area contributed by atoms with Crippen molar-refractivity contribution >= 4 is 11.7 Å². The maximum absolute atomic E-state index is 12.3. The molecule has 1 aromatic rings. The van der Waals surface area contributed by atoms with Gasteiger partial charge in [-0.2, -0.15) is 0 Å². The number of phenols is 1. The molecule has 1 fully saturated rings. The molecule has 1 N–H and O–H groups in total. The van der Waals surface area contributed by atoms with Crippen molar-refractivity contribution in [3.63, 3.8) is 0 Å². The molecule has 3 rings (SSSR count). The van der Waals surface area contributed by atoms with E-state index in [0.29, 0.717) is 24.6 Å². The SMILES string of the molecule is CCN1CCN(C(=O)COc2cc(O)c3c(c2)OC(C)(C)CC3=O)CC1. The minimum absolute atomic E-state index is 0.0877. The van der Waals surface area contributed by atoms with E-state index in [4.69, 9.17) is 9.47 Å². The van der Waals surface area contributed by atoms with Crippen LogP contribution in [0, 0.1) is 0 Å². The molecule has 1 aromatic carbocycles. The number of hydrogen-bond donors (Lipinski definition) is 1. The van der Waals surface area contributed by atoms with E-state index in [9.17, 15) is 14.7 Å². The number of phenolic OH excluding ortho intramolecular Hbond substituents is 1. The number of amides is 1. The monoisotopic (exact) mass is 362 g/mol. The summed E-state index contributed by atoms with van der Waals surface area (Å²) in [4.78, 5) is 28.6. The lowest BCUT2D eigenvalue weighted by atomic mass is 9.92. The molecule has 0 saturated carbocycles. The predicted molar refractivity (Wildman–Crippen MR) is 96.0 cm³/mol. The fourth-order valence-corrected chi connectivity index (χ4v) is 3.38. The number of fused-ring (bicyclic) bond motifs is 1. The van der Waals surface area contributed by atoms with Gasteiger partial charge in [0.15, 0.2) is 12.4 Å². The average molecular weight is 362 g/mol. The number of piperazine rings is 1. The van der Waals surface area contributed by atoms with Crippen LogP contribution in [0.15, 0.2) is 12.1 Å². The van der Waals surface area contributed by atoms with Crippen LogP contribution in [0.2, 0.25) is 0 Å². The second-order valence-electron chi connectivity index (χ2n) is 7.38. The molecule has 2 heterocycles. The fourth-order valence-electron chi connectivity index (χ4n) is 3.38. The molecule has 1 saturated heterocycles. The summed E-state index contributed by atoms with van der Waals surface area (Å²) < 4.78 is 11.4. The standard InChI is InChI=1S/C19H26N2O5/c1-4-20-5-7-21(8-6-20)17(24)12-25-13-9-14(22)18-15(23)11-19(2,3)26-16(18)10-13/h9-10,22H,4-8,11-12H2,1-3H3. The van der Waals surface area contributed by atoms with Gasteiger partial charge in [0.1, 0.15) is 28.4 Å². The number of ether oxygens (including phenoxy) is 2. The van der Waals surface area contributed by atoms with E-state index in [2.05, 4.69) is 11.8 Å². The fraction of sp³-hybridized carbons (Fsp3) is 0.579. The average Bonchev–Trinajstić information content (AvgIpc) is 2.57. The molecular weight excluding hydrogens is 336 g/mol. The van der Waals surface area contributed by atoms with E-state index in [0.717, 1.165) is 19.6 Å². The second kappa shape index (κ2) is 7.15. The smallest absolute Gasteiger partial charge is 0.260 e. The highest BCUT2D eigenvalue weighted by Gasteiger charge is 2.35. The van der Waals surface area contributed by atoms with Crippen molar-refractivity contribution in [3.05, 3.63) is 17.7 Å². The molecule has 142 valence electrons. The molecular formula is C19H26N2O5. The van der Waals surface area contributed by atoms with Crippen molar-refractivity contribution in [2.45, 2.75) is 32.8 Å². The molecule has 7 nitrogen and oxygen atoms in total. The molecule has 0 atom stereocenters. The van der Waals surface area contributed by atoms with Crippen LogP contribution in [0.25, 0.3) is 0 Å². The quantitative estimate of drug-likeness (QED) is 0.878. The zero-order chi connectivity index (χ0) is 18.9. The van der Waals surface area contributed by atoms with Gasteiger partial charge in [-0.25, -0.2) is 0 Å². The topological polar surface area (TPSA) is 79.3 Å². The summed E-state index contributed by atoms with van der Waals surface area (Å²) in [6.45, 7) is 9.74. The maximum atomic E-state index is 12.3. The van der Waals surface area contributed by atoms with Gasteiger partial charge < -0.3 is 24.4 Å². The van der Waals surface area contributed by atoms with Crippen LogP contribution in [0.3, 0.4) is 0 Å². The Balaban J connectivity index is 1.65. The molecule has 0 radical (unpaired) electrons. The lowest BCUT2D eigenvalue weighted by Gasteiger charge is -2.34. The number of carbonyl (C=O) groups is 2.